The highest BCUT2D eigenvalue weighted by Gasteiger charge is 1.97. The highest BCUT2D eigenvalue weighted by molar-refractivity contribution is 5.85. The van der Waals surface area contributed by atoms with Gasteiger partial charge in [0.05, 0.1) is 12.8 Å². The van der Waals surface area contributed by atoms with Crippen LogP contribution in [0.5, 0.6) is 5.75 Å². The average molecular weight is 193 g/mol. The molecular weight excluding hydrogens is 183 g/mol. The number of nitrogens with one attached hydrogen (secondary N) is 1. The number of hydrazine groups is 1. The van der Waals surface area contributed by atoms with Crippen LogP contribution < -0.4 is 16.0 Å². The number of benzene rings is 1. The number of methoxy groups -OCH3 is 1. The summed E-state index contributed by atoms with van der Waals surface area (Å²) in [6, 6.07) is 4.16. The first-order valence-corrected chi connectivity index (χ1v) is 3.07. The van der Waals surface area contributed by atoms with Crippen molar-refractivity contribution >= 4 is 18.1 Å². The molecule has 0 spiro atoms. The second-order valence-electron chi connectivity index (χ2n) is 2.02. The molecule has 3 N–H and O–H groups in total. The van der Waals surface area contributed by atoms with Crippen molar-refractivity contribution in [3.63, 3.8) is 0 Å². The highest BCUT2D eigenvalue weighted by Crippen LogP contribution is 2.18. The van der Waals surface area contributed by atoms with Crippen LogP contribution >= 0.6 is 12.4 Å². The molecule has 0 heterocycles. The number of nitrogens with two attached hydrogens (primary N) is 1. The van der Waals surface area contributed by atoms with Crippen molar-refractivity contribution < 1.29 is 9.13 Å². The lowest BCUT2D eigenvalue weighted by molar-refractivity contribution is 0.411. The Labute approximate surface area is 76.1 Å². The summed E-state index contributed by atoms with van der Waals surface area (Å²) in [6.45, 7) is 0. The third-order valence-corrected chi connectivity index (χ3v) is 1.27. The minimum atomic E-state index is -0.377. The van der Waals surface area contributed by atoms with E-state index in [9.17, 15) is 4.39 Å². The first-order valence-electron chi connectivity index (χ1n) is 3.07. The third-order valence-electron chi connectivity index (χ3n) is 1.27. The van der Waals surface area contributed by atoms with Gasteiger partial charge in [0, 0.05) is 12.1 Å². The minimum Gasteiger partial charge on any atom is -0.497 e. The molecule has 1 aromatic rings. The van der Waals surface area contributed by atoms with E-state index in [0.29, 0.717) is 11.4 Å². The molecule has 0 aliphatic heterocycles. The van der Waals surface area contributed by atoms with Gasteiger partial charge in [-0.05, 0) is 6.07 Å². The molecule has 5 heteroatoms. The Balaban J connectivity index is 0.00000121. The summed E-state index contributed by atoms with van der Waals surface area (Å²) in [7, 11) is 1.47. The number of hydrogen-bond acceptors (Lipinski definition) is 3. The van der Waals surface area contributed by atoms with E-state index in [0.717, 1.165) is 0 Å². The van der Waals surface area contributed by atoms with E-state index in [1.165, 1.54) is 19.2 Å². The van der Waals surface area contributed by atoms with Crippen LogP contribution in [0.15, 0.2) is 18.2 Å². The van der Waals surface area contributed by atoms with E-state index in [4.69, 9.17) is 10.6 Å². The zero-order valence-electron chi connectivity index (χ0n) is 6.50. The fourth-order valence-electron chi connectivity index (χ4n) is 0.764. The number of nitrogen functional groups attached to an aromatic ring is 1. The molecule has 0 radical (unpaired) electrons. The molecule has 0 saturated heterocycles. The normalized spacial score (nSPS) is 8.58. The maximum atomic E-state index is 12.6. The first kappa shape index (κ1) is 11.0. The fraction of sp³-hybridized carbons (Fsp3) is 0.143. The smallest absolute Gasteiger partial charge is 0.129 e. The summed E-state index contributed by atoms with van der Waals surface area (Å²) < 4.78 is 17.4. The van der Waals surface area contributed by atoms with E-state index in [1.807, 2.05) is 0 Å². The highest BCUT2D eigenvalue weighted by atomic mass is 35.5. The average Bonchev–Trinajstić information content (AvgIpc) is 2.03. The second kappa shape index (κ2) is 4.79. The number of hydrogen-bond donors (Lipinski definition) is 2. The number of halogens is 2. The van der Waals surface area contributed by atoms with E-state index >= 15 is 0 Å². The Morgan fingerprint density at radius 1 is 1.42 bits per heavy atom. The molecule has 0 atom stereocenters. The summed E-state index contributed by atoms with van der Waals surface area (Å²) in [4.78, 5) is 0. The topological polar surface area (TPSA) is 47.3 Å². The molecule has 0 aliphatic rings. The molecule has 1 rings (SSSR count). The van der Waals surface area contributed by atoms with E-state index in [2.05, 4.69) is 5.43 Å². The molecule has 0 aromatic heterocycles. The molecule has 1 aromatic carbocycles. The van der Waals surface area contributed by atoms with Gasteiger partial charge in [-0.3, -0.25) is 5.84 Å². The monoisotopic (exact) mass is 192 g/mol. The lowest BCUT2D eigenvalue weighted by Crippen LogP contribution is -2.06. The summed E-state index contributed by atoms with van der Waals surface area (Å²) in [6.07, 6.45) is 0. The van der Waals surface area contributed by atoms with Crippen molar-refractivity contribution in [1.82, 2.24) is 0 Å². The van der Waals surface area contributed by atoms with E-state index in [-0.39, 0.29) is 18.2 Å². The van der Waals surface area contributed by atoms with Gasteiger partial charge in [0.25, 0.3) is 0 Å². The van der Waals surface area contributed by atoms with Gasteiger partial charge in [-0.15, -0.1) is 12.4 Å². The molecule has 0 aliphatic carbocycles. The Morgan fingerprint density at radius 2 is 2.08 bits per heavy atom. The summed E-state index contributed by atoms with van der Waals surface area (Å²) in [5, 5.41) is 0. The fourth-order valence-corrected chi connectivity index (χ4v) is 0.764. The van der Waals surface area contributed by atoms with Crippen molar-refractivity contribution in [2.24, 2.45) is 5.84 Å². The lowest BCUT2D eigenvalue weighted by atomic mass is 10.3. The lowest BCUT2D eigenvalue weighted by Gasteiger charge is -2.03. The van der Waals surface area contributed by atoms with Crippen molar-refractivity contribution in [2.45, 2.75) is 0 Å². The predicted octanol–water partition coefficient (Wildman–Crippen LogP) is 1.54. The largest absolute Gasteiger partial charge is 0.497 e. The molecule has 0 amide bonds. The quantitative estimate of drug-likeness (QED) is 0.552. The van der Waals surface area contributed by atoms with Gasteiger partial charge in [0.15, 0.2) is 0 Å². The molecule has 0 unspecified atom stereocenters. The Hall–Kier alpha value is -1.00. The summed E-state index contributed by atoms with van der Waals surface area (Å²) >= 11 is 0. The van der Waals surface area contributed by atoms with Gasteiger partial charge in [-0.1, -0.05) is 0 Å². The molecule has 68 valence electrons. The standard InChI is InChI=1S/C7H9FN2O.ClH/c1-11-7-3-5(8)2-6(4-7)10-9;/h2-4,10H,9H2,1H3;1H. The predicted molar refractivity (Wildman–Crippen MR) is 48.0 cm³/mol. The first-order chi connectivity index (χ1) is 5.26. The van der Waals surface area contributed by atoms with Crippen molar-refractivity contribution in [1.29, 1.82) is 0 Å². The van der Waals surface area contributed by atoms with Crippen LogP contribution in [0.1, 0.15) is 0 Å². The van der Waals surface area contributed by atoms with Crippen LogP contribution in [0.25, 0.3) is 0 Å². The Kier molecular flexibility index (Phi) is 4.39. The number of ether oxygens (including phenoxy) is 1. The molecule has 3 nitrogen and oxygen atoms in total. The summed E-state index contributed by atoms with van der Waals surface area (Å²) in [5.74, 6) is 5.14. The Morgan fingerprint density at radius 3 is 2.58 bits per heavy atom. The third kappa shape index (κ3) is 2.56. The van der Waals surface area contributed by atoms with Crippen LogP contribution in [0.2, 0.25) is 0 Å². The van der Waals surface area contributed by atoms with Crippen LogP contribution in [-0.2, 0) is 0 Å². The van der Waals surface area contributed by atoms with Gasteiger partial charge in [0.2, 0.25) is 0 Å². The SMILES string of the molecule is COc1cc(F)cc(NN)c1.Cl. The molecule has 12 heavy (non-hydrogen) atoms. The van der Waals surface area contributed by atoms with E-state index in [1.54, 1.807) is 6.07 Å². The van der Waals surface area contributed by atoms with Crippen LogP contribution in [0.4, 0.5) is 10.1 Å². The maximum absolute atomic E-state index is 12.6. The van der Waals surface area contributed by atoms with E-state index < -0.39 is 0 Å². The van der Waals surface area contributed by atoms with Gasteiger partial charge < -0.3 is 10.2 Å². The zero-order chi connectivity index (χ0) is 8.27. The second-order valence-corrected chi connectivity index (χ2v) is 2.02. The van der Waals surface area contributed by atoms with Crippen LogP contribution in [-0.4, -0.2) is 7.11 Å². The van der Waals surface area contributed by atoms with Crippen LogP contribution in [0.3, 0.4) is 0 Å². The van der Waals surface area contributed by atoms with Gasteiger partial charge in [0.1, 0.15) is 11.6 Å². The maximum Gasteiger partial charge on any atom is 0.129 e. The van der Waals surface area contributed by atoms with Crippen LogP contribution in [0, 0.1) is 5.82 Å². The molecule has 0 bridgehead atoms. The van der Waals surface area contributed by atoms with Crippen molar-refractivity contribution in [2.75, 3.05) is 12.5 Å². The molecule has 0 fully saturated rings. The number of anilines is 1. The molecule has 0 saturated carbocycles. The van der Waals surface area contributed by atoms with Gasteiger partial charge >= 0.3 is 0 Å². The number of rotatable bonds is 2. The van der Waals surface area contributed by atoms with Crippen molar-refractivity contribution in [3.8, 4) is 5.75 Å². The van der Waals surface area contributed by atoms with Gasteiger partial charge in [-0.2, -0.15) is 0 Å². The zero-order valence-corrected chi connectivity index (χ0v) is 7.32. The van der Waals surface area contributed by atoms with Gasteiger partial charge in [-0.25, -0.2) is 4.39 Å². The van der Waals surface area contributed by atoms with Crippen molar-refractivity contribution in [3.05, 3.63) is 24.0 Å². The Bertz CT molecular complexity index is 235. The minimum absolute atomic E-state index is 0. The molecular formula is C7H10ClFN2O. The summed E-state index contributed by atoms with van der Waals surface area (Å²) in [5.41, 5.74) is 2.81.